The van der Waals surface area contributed by atoms with Crippen LogP contribution in [-0.2, 0) is 13.0 Å². The number of aryl methyl sites for hydroxylation is 1. The molecule has 0 aliphatic carbocycles. The number of benzene rings is 1. The van der Waals surface area contributed by atoms with Crippen LogP contribution in [0.2, 0.25) is 0 Å². The highest BCUT2D eigenvalue weighted by atomic mass is 32.1. The summed E-state index contributed by atoms with van der Waals surface area (Å²) >= 11 is 1.43. The molecule has 24 heavy (non-hydrogen) atoms. The Morgan fingerprint density at radius 3 is 2.50 bits per heavy atom. The van der Waals surface area contributed by atoms with Crippen molar-refractivity contribution in [3.8, 4) is 10.6 Å². The summed E-state index contributed by atoms with van der Waals surface area (Å²) in [7, 11) is 0. The van der Waals surface area contributed by atoms with Gasteiger partial charge in [-0.05, 0) is 18.4 Å². The minimum Gasteiger partial charge on any atom is -0.396 e. The summed E-state index contributed by atoms with van der Waals surface area (Å²) in [6.45, 7) is 1.28. The number of nitrogens with zero attached hydrogens (tertiary/aromatic N) is 2. The predicted octanol–water partition coefficient (Wildman–Crippen LogP) is 4.12. The smallest absolute Gasteiger partial charge is 0.396 e. The van der Waals surface area contributed by atoms with E-state index in [1.54, 1.807) is 5.38 Å². The molecule has 1 aromatic carbocycles. The number of rotatable bonds is 8. The number of aliphatic hydroxyl groups excluding tert-OH is 1. The molecule has 0 spiro atoms. The second-order valence-corrected chi connectivity index (χ2v) is 6.46. The summed E-state index contributed by atoms with van der Waals surface area (Å²) in [5.41, 5.74) is 2.83. The van der Waals surface area contributed by atoms with Gasteiger partial charge in [-0.25, -0.2) is 4.98 Å². The van der Waals surface area contributed by atoms with Gasteiger partial charge in [-0.15, -0.1) is 11.3 Å². The Morgan fingerprint density at radius 2 is 1.92 bits per heavy atom. The maximum atomic E-state index is 12.7. The summed E-state index contributed by atoms with van der Waals surface area (Å²) in [5, 5.41) is 11.5. The number of hydrogen-bond donors (Lipinski definition) is 1. The lowest BCUT2D eigenvalue weighted by molar-refractivity contribution is -0.147. The zero-order valence-corrected chi connectivity index (χ0v) is 14.3. The summed E-state index contributed by atoms with van der Waals surface area (Å²) in [6, 6.07) is 8.04. The first-order chi connectivity index (χ1) is 11.4. The summed E-state index contributed by atoms with van der Waals surface area (Å²) in [6.07, 6.45) is -2.99. The molecule has 0 aliphatic heterocycles. The summed E-state index contributed by atoms with van der Waals surface area (Å²) < 4.78 is 38.0. The number of aromatic nitrogens is 1. The molecule has 0 radical (unpaired) electrons. The summed E-state index contributed by atoms with van der Waals surface area (Å²) in [4.78, 5) is 5.73. The molecule has 0 amide bonds. The topological polar surface area (TPSA) is 36.4 Å². The SMILES string of the molecule is CCc1ccc(-c2nc(CN(CCCO)CC(F)(F)F)cs2)cc1. The Bertz CT molecular complexity index is 626. The van der Waals surface area contributed by atoms with Crippen LogP contribution in [0.4, 0.5) is 13.2 Å². The molecule has 0 atom stereocenters. The first-order valence-electron chi connectivity index (χ1n) is 7.85. The fourth-order valence-electron chi connectivity index (χ4n) is 2.39. The van der Waals surface area contributed by atoms with Gasteiger partial charge in [0.25, 0.3) is 0 Å². The lowest BCUT2D eigenvalue weighted by atomic mass is 10.1. The highest BCUT2D eigenvalue weighted by Crippen LogP contribution is 2.25. The Labute approximate surface area is 143 Å². The van der Waals surface area contributed by atoms with Gasteiger partial charge in [-0.3, -0.25) is 4.90 Å². The minimum absolute atomic E-state index is 0.125. The molecule has 7 heteroatoms. The van der Waals surface area contributed by atoms with Crippen molar-refractivity contribution in [2.45, 2.75) is 32.5 Å². The lowest BCUT2D eigenvalue weighted by Crippen LogP contribution is -2.35. The quantitative estimate of drug-likeness (QED) is 0.771. The number of thiazole rings is 1. The Morgan fingerprint density at radius 1 is 1.21 bits per heavy atom. The van der Waals surface area contributed by atoms with Gasteiger partial charge >= 0.3 is 6.18 Å². The molecule has 2 aromatic rings. The number of halogens is 3. The molecular weight excluding hydrogens is 337 g/mol. The fraction of sp³-hybridized carbons (Fsp3) is 0.471. The van der Waals surface area contributed by atoms with E-state index >= 15 is 0 Å². The minimum atomic E-state index is -4.26. The Balaban J connectivity index is 2.06. The van der Waals surface area contributed by atoms with Crippen LogP contribution >= 0.6 is 11.3 Å². The van der Waals surface area contributed by atoms with Gasteiger partial charge in [-0.1, -0.05) is 31.2 Å². The van der Waals surface area contributed by atoms with E-state index in [1.807, 2.05) is 24.3 Å². The van der Waals surface area contributed by atoms with Gasteiger partial charge in [-0.2, -0.15) is 13.2 Å². The standard InChI is InChI=1S/C17H21F3N2OS/c1-2-13-4-6-14(7-5-13)16-21-15(11-24-16)10-22(8-3-9-23)12-17(18,19)20/h4-7,11,23H,2-3,8-10,12H2,1H3. The first kappa shape index (κ1) is 18.9. The maximum absolute atomic E-state index is 12.7. The van der Waals surface area contributed by atoms with E-state index < -0.39 is 12.7 Å². The van der Waals surface area contributed by atoms with Gasteiger partial charge in [0, 0.05) is 30.6 Å². The summed E-state index contributed by atoms with van der Waals surface area (Å²) in [5.74, 6) is 0. The zero-order valence-electron chi connectivity index (χ0n) is 13.5. The van der Waals surface area contributed by atoms with E-state index in [1.165, 1.54) is 21.8 Å². The van der Waals surface area contributed by atoms with Crippen LogP contribution in [-0.4, -0.2) is 40.9 Å². The molecule has 0 unspecified atom stereocenters. The van der Waals surface area contributed by atoms with Gasteiger partial charge in [0.1, 0.15) is 5.01 Å². The van der Waals surface area contributed by atoms with Gasteiger partial charge in [0.2, 0.25) is 0 Å². The molecule has 2 rings (SSSR count). The molecule has 1 aromatic heterocycles. The molecule has 0 saturated heterocycles. The molecular formula is C17H21F3N2OS. The number of alkyl halides is 3. The number of aliphatic hydroxyl groups is 1. The molecule has 1 heterocycles. The van der Waals surface area contributed by atoms with Crippen molar-refractivity contribution in [2.75, 3.05) is 19.7 Å². The Kier molecular flexibility index (Phi) is 6.77. The molecule has 0 fully saturated rings. The van der Waals surface area contributed by atoms with E-state index in [4.69, 9.17) is 5.11 Å². The van der Waals surface area contributed by atoms with E-state index in [2.05, 4.69) is 11.9 Å². The van der Waals surface area contributed by atoms with Crippen molar-refractivity contribution >= 4 is 11.3 Å². The van der Waals surface area contributed by atoms with Gasteiger partial charge in [0.05, 0.1) is 12.2 Å². The largest absolute Gasteiger partial charge is 0.401 e. The third-order valence-electron chi connectivity index (χ3n) is 3.58. The van der Waals surface area contributed by atoms with Crippen molar-refractivity contribution in [3.63, 3.8) is 0 Å². The van der Waals surface area contributed by atoms with Crippen molar-refractivity contribution in [1.82, 2.24) is 9.88 Å². The van der Waals surface area contributed by atoms with Crippen LogP contribution in [0.5, 0.6) is 0 Å². The molecule has 132 valence electrons. The second-order valence-electron chi connectivity index (χ2n) is 5.60. The molecule has 0 bridgehead atoms. The van der Waals surface area contributed by atoms with E-state index in [9.17, 15) is 13.2 Å². The third kappa shape index (κ3) is 5.89. The number of hydrogen-bond acceptors (Lipinski definition) is 4. The zero-order chi connectivity index (χ0) is 17.6. The van der Waals surface area contributed by atoms with Crippen molar-refractivity contribution in [2.24, 2.45) is 0 Å². The molecule has 3 nitrogen and oxygen atoms in total. The second kappa shape index (κ2) is 8.60. The van der Waals surface area contributed by atoms with Gasteiger partial charge < -0.3 is 5.11 Å². The molecule has 0 aliphatic rings. The Hall–Kier alpha value is -1.44. The third-order valence-corrected chi connectivity index (χ3v) is 4.52. The highest BCUT2D eigenvalue weighted by Gasteiger charge is 2.30. The van der Waals surface area contributed by atoms with Crippen LogP contribution in [0.1, 0.15) is 24.6 Å². The van der Waals surface area contributed by atoms with E-state index in [0.29, 0.717) is 12.1 Å². The maximum Gasteiger partial charge on any atom is 0.401 e. The average Bonchev–Trinajstić information content (AvgIpc) is 3.00. The van der Waals surface area contributed by atoms with Crippen molar-refractivity contribution in [3.05, 3.63) is 40.9 Å². The van der Waals surface area contributed by atoms with Crippen LogP contribution in [0, 0.1) is 0 Å². The monoisotopic (exact) mass is 358 g/mol. The average molecular weight is 358 g/mol. The fourth-order valence-corrected chi connectivity index (χ4v) is 3.20. The van der Waals surface area contributed by atoms with Crippen LogP contribution in [0.15, 0.2) is 29.6 Å². The van der Waals surface area contributed by atoms with Crippen molar-refractivity contribution in [1.29, 1.82) is 0 Å². The van der Waals surface area contributed by atoms with Crippen LogP contribution in [0.3, 0.4) is 0 Å². The van der Waals surface area contributed by atoms with Crippen LogP contribution in [0.25, 0.3) is 10.6 Å². The van der Waals surface area contributed by atoms with Gasteiger partial charge in [0.15, 0.2) is 0 Å². The van der Waals surface area contributed by atoms with Crippen LogP contribution < -0.4 is 0 Å². The molecule has 0 saturated carbocycles. The lowest BCUT2D eigenvalue weighted by Gasteiger charge is -2.22. The highest BCUT2D eigenvalue weighted by molar-refractivity contribution is 7.13. The predicted molar refractivity (Wildman–Crippen MR) is 90.0 cm³/mol. The molecule has 1 N–H and O–H groups in total. The van der Waals surface area contributed by atoms with Crippen molar-refractivity contribution < 1.29 is 18.3 Å². The van der Waals surface area contributed by atoms with E-state index in [0.717, 1.165) is 17.0 Å². The first-order valence-corrected chi connectivity index (χ1v) is 8.73. The van der Waals surface area contributed by atoms with E-state index in [-0.39, 0.29) is 19.7 Å². The normalized spacial score (nSPS) is 12.1.